The summed E-state index contributed by atoms with van der Waals surface area (Å²) in [5, 5.41) is 11.8. The fourth-order valence-corrected chi connectivity index (χ4v) is 1.76. The predicted octanol–water partition coefficient (Wildman–Crippen LogP) is 2.39. The Balaban J connectivity index is 3.02. The van der Waals surface area contributed by atoms with Gasteiger partial charge in [-0.05, 0) is 13.3 Å². The molecule has 0 radical (unpaired) electrons. The third kappa shape index (κ3) is 4.31. The fourth-order valence-electron chi connectivity index (χ4n) is 1.76. The van der Waals surface area contributed by atoms with Crippen molar-refractivity contribution in [2.45, 2.75) is 26.7 Å². The molecule has 19 heavy (non-hydrogen) atoms. The Hall–Kier alpha value is -1.43. The van der Waals surface area contributed by atoms with E-state index in [9.17, 15) is 8.78 Å². The summed E-state index contributed by atoms with van der Waals surface area (Å²) >= 11 is 0. The van der Waals surface area contributed by atoms with Gasteiger partial charge in [-0.25, -0.2) is 13.8 Å². The van der Waals surface area contributed by atoms with Gasteiger partial charge in [-0.15, -0.1) is 0 Å². The number of halogens is 2. The molecule has 6 heteroatoms. The molecule has 0 spiro atoms. The van der Waals surface area contributed by atoms with Gasteiger partial charge in [0, 0.05) is 25.7 Å². The van der Waals surface area contributed by atoms with Crippen LogP contribution >= 0.6 is 0 Å². The Morgan fingerprint density at radius 2 is 2.00 bits per heavy atom. The average Bonchev–Trinajstić information content (AvgIpc) is 2.38. The van der Waals surface area contributed by atoms with Gasteiger partial charge in [-0.3, -0.25) is 0 Å². The monoisotopic (exact) mass is 273 g/mol. The van der Waals surface area contributed by atoms with Crippen LogP contribution in [0.2, 0.25) is 0 Å². The van der Waals surface area contributed by atoms with Crippen molar-refractivity contribution in [1.29, 1.82) is 0 Å². The number of anilines is 2. The lowest BCUT2D eigenvalue weighted by Gasteiger charge is -2.23. The third-order valence-corrected chi connectivity index (χ3v) is 2.71. The number of hydrogen-bond donors (Lipinski definition) is 2. The molecule has 0 aromatic carbocycles. The smallest absolute Gasteiger partial charge is 0.168 e. The van der Waals surface area contributed by atoms with Crippen LogP contribution in [0.15, 0.2) is 6.07 Å². The van der Waals surface area contributed by atoms with Crippen LogP contribution in [0.1, 0.15) is 26.7 Å². The van der Waals surface area contributed by atoms with Crippen LogP contribution in [0, 0.1) is 11.6 Å². The van der Waals surface area contributed by atoms with Gasteiger partial charge in [0.1, 0.15) is 0 Å². The molecule has 0 saturated heterocycles. The molecule has 1 heterocycles. The van der Waals surface area contributed by atoms with Crippen LogP contribution in [0.3, 0.4) is 0 Å². The molecule has 0 bridgehead atoms. The zero-order valence-electron chi connectivity index (χ0n) is 11.4. The van der Waals surface area contributed by atoms with E-state index in [-0.39, 0.29) is 24.8 Å². The quantitative estimate of drug-likeness (QED) is 0.763. The second-order valence-electron chi connectivity index (χ2n) is 4.22. The summed E-state index contributed by atoms with van der Waals surface area (Å²) in [6.07, 6.45) is 1.81. The fraction of sp³-hybridized carbons (Fsp3) is 0.615. The molecule has 1 aromatic heterocycles. The molecule has 2 N–H and O–H groups in total. The van der Waals surface area contributed by atoms with Crippen molar-refractivity contribution in [2.24, 2.45) is 0 Å². The number of nitrogens with zero attached hydrogens (tertiary/aromatic N) is 2. The molecule has 4 nitrogen and oxygen atoms in total. The van der Waals surface area contributed by atoms with Crippen LogP contribution in [0.4, 0.5) is 20.4 Å². The summed E-state index contributed by atoms with van der Waals surface area (Å²) in [4.78, 5) is 5.63. The minimum absolute atomic E-state index is 0.0401. The van der Waals surface area contributed by atoms with E-state index in [2.05, 4.69) is 10.3 Å². The first-order valence-corrected chi connectivity index (χ1v) is 6.59. The second-order valence-corrected chi connectivity index (χ2v) is 4.22. The number of nitrogens with one attached hydrogen (secondary N) is 1. The highest BCUT2D eigenvalue weighted by Gasteiger charge is 2.16. The van der Waals surface area contributed by atoms with Gasteiger partial charge in [-0.2, -0.15) is 0 Å². The number of aliphatic hydroxyl groups excluding tert-OH is 1. The van der Waals surface area contributed by atoms with Crippen molar-refractivity contribution in [3.63, 3.8) is 0 Å². The maximum atomic E-state index is 13.8. The number of hydrogen-bond acceptors (Lipinski definition) is 4. The first kappa shape index (κ1) is 15.6. The molecule has 0 saturated carbocycles. The van der Waals surface area contributed by atoms with Gasteiger partial charge in [0.2, 0.25) is 0 Å². The largest absolute Gasteiger partial charge is 0.395 e. The lowest BCUT2D eigenvalue weighted by Crippen LogP contribution is -2.30. The predicted molar refractivity (Wildman–Crippen MR) is 72.5 cm³/mol. The number of aliphatic hydroxyl groups is 1. The van der Waals surface area contributed by atoms with Gasteiger partial charge < -0.3 is 15.3 Å². The molecule has 0 amide bonds. The van der Waals surface area contributed by atoms with Crippen LogP contribution in [-0.4, -0.2) is 36.3 Å². The van der Waals surface area contributed by atoms with Gasteiger partial charge in [0.25, 0.3) is 0 Å². The lowest BCUT2D eigenvalue weighted by molar-refractivity contribution is 0.300. The normalized spacial score (nSPS) is 10.6. The Bertz CT molecular complexity index is 402. The number of rotatable bonds is 8. The van der Waals surface area contributed by atoms with Gasteiger partial charge >= 0.3 is 0 Å². The molecule has 108 valence electrons. The number of aromatic nitrogens is 1. The van der Waals surface area contributed by atoms with E-state index >= 15 is 0 Å². The standard InChI is InChI=1S/C13H21F2N3O/c1-3-5-6-18(7-8-19)13-11(15)9-10(14)12(17-13)16-4-2/h9,19H,3-8H2,1-2H3,(H,16,17). The molecule has 0 fully saturated rings. The highest BCUT2D eigenvalue weighted by molar-refractivity contribution is 5.49. The van der Waals surface area contributed by atoms with Crippen LogP contribution in [0.25, 0.3) is 0 Å². The molecule has 0 aliphatic rings. The number of unbranched alkanes of at least 4 members (excludes halogenated alkanes) is 1. The maximum Gasteiger partial charge on any atom is 0.168 e. The molecule has 0 unspecified atom stereocenters. The first-order chi connectivity index (χ1) is 9.13. The number of pyridine rings is 1. The molecule has 1 rings (SSSR count). The maximum absolute atomic E-state index is 13.8. The van der Waals surface area contributed by atoms with Gasteiger partial charge in [-0.1, -0.05) is 13.3 Å². The Morgan fingerprint density at radius 1 is 1.26 bits per heavy atom. The minimum atomic E-state index is -0.706. The summed E-state index contributed by atoms with van der Waals surface area (Å²) < 4.78 is 27.3. The van der Waals surface area contributed by atoms with Crippen molar-refractivity contribution in [3.05, 3.63) is 17.7 Å². The van der Waals surface area contributed by atoms with E-state index in [1.54, 1.807) is 4.90 Å². The average molecular weight is 273 g/mol. The van der Waals surface area contributed by atoms with E-state index in [0.717, 1.165) is 18.9 Å². The van der Waals surface area contributed by atoms with Gasteiger partial charge in [0.05, 0.1) is 6.61 Å². The zero-order valence-corrected chi connectivity index (χ0v) is 11.4. The van der Waals surface area contributed by atoms with Crippen LogP contribution in [-0.2, 0) is 0 Å². The van der Waals surface area contributed by atoms with E-state index in [4.69, 9.17) is 5.11 Å². The van der Waals surface area contributed by atoms with E-state index in [0.29, 0.717) is 13.1 Å². The lowest BCUT2D eigenvalue weighted by atomic mass is 10.3. The topological polar surface area (TPSA) is 48.4 Å². The SMILES string of the molecule is CCCCN(CCO)c1nc(NCC)c(F)cc1F. The van der Waals surface area contributed by atoms with E-state index in [1.165, 1.54) is 0 Å². The van der Waals surface area contributed by atoms with Crippen molar-refractivity contribution >= 4 is 11.6 Å². The molecule has 0 aliphatic carbocycles. The summed E-state index contributed by atoms with van der Waals surface area (Å²) in [5.41, 5.74) is 0. The second kappa shape index (κ2) is 7.89. The Morgan fingerprint density at radius 3 is 2.58 bits per heavy atom. The molecular weight excluding hydrogens is 252 g/mol. The highest BCUT2D eigenvalue weighted by Crippen LogP contribution is 2.22. The van der Waals surface area contributed by atoms with Crippen molar-refractivity contribution in [2.75, 3.05) is 36.5 Å². The summed E-state index contributed by atoms with van der Waals surface area (Å²) in [5.74, 6) is -1.29. The molecule has 0 aliphatic heterocycles. The summed E-state index contributed by atoms with van der Waals surface area (Å²) in [6.45, 7) is 5.10. The van der Waals surface area contributed by atoms with E-state index in [1.807, 2.05) is 13.8 Å². The Labute approximate surface area is 112 Å². The van der Waals surface area contributed by atoms with Gasteiger partial charge in [0.15, 0.2) is 23.3 Å². The third-order valence-electron chi connectivity index (χ3n) is 2.71. The molecule has 0 atom stereocenters. The Kier molecular flexibility index (Phi) is 6.49. The molecular formula is C13H21F2N3O. The van der Waals surface area contributed by atoms with Crippen molar-refractivity contribution in [3.8, 4) is 0 Å². The molecule has 1 aromatic rings. The van der Waals surface area contributed by atoms with Crippen LogP contribution < -0.4 is 10.2 Å². The van der Waals surface area contributed by atoms with Crippen LogP contribution in [0.5, 0.6) is 0 Å². The minimum Gasteiger partial charge on any atom is -0.395 e. The summed E-state index contributed by atoms with van der Waals surface area (Å²) in [7, 11) is 0. The van der Waals surface area contributed by atoms with E-state index < -0.39 is 11.6 Å². The van der Waals surface area contributed by atoms with Crippen molar-refractivity contribution < 1.29 is 13.9 Å². The summed E-state index contributed by atoms with van der Waals surface area (Å²) in [6, 6.07) is 0.830. The first-order valence-electron chi connectivity index (χ1n) is 6.59. The van der Waals surface area contributed by atoms with Crippen molar-refractivity contribution in [1.82, 2.24) is 4.98 Å². The highest BCUT2D eigenvalue weighted by atomic mass is 19.1. The zero-order chi connectivity index (χ0) is 14.3.